The number of nitrogens with two attached hydrogens (primary N) is 2. The van der Waals surface area contributed by atoms with Crippen LogP contribution >= 0.6 is 0 Å². The smallest absolute Gasteiger partial charge is 0.295 e. The standard InChI is InChI=1S/C44H53N13O8/c1-6-29-37(65-26(4)48-29)41(61)52-43-50-31-19-28(39(46)59)21-34(63-15-10-12-54-23-44(24-54)22-47-11-16-64-44)36(31)56(43)14-9-8-13-55-35-30(18-27(38(45)58)20-33(35)62-5)49-42(55)51-40(60)32-17-25(3)53-57(32)7-2/h8-9,17-21,47H,6-7,10-16,22-24H2,1-5H3,(H2,45,58)(H2,46,59)(H,49,51,60)(H,50,52,61)/b9-8+. The monoisotopic (exact) mass is 891 g/mol. The number of amides is 4. The molecule has 0 aliphatic carbocycles. The molecular formula is C44H53N13O8. The van der Waals surface area contributed by atoms with E-state index in [-0.39, 0.29) is 47.5 Å². The van der Waals surface area contributed by atoms with Crippen molar-refractivity contribution < 1.29 is 37.8 Å². The van der Waals surface area contributed by atoms with Crippen molar-refractivity contribution in [3.63, 3.8) is 0 Å². The van der Waals surface area contributed by atoms with E-state index >= 15 is 0 Å². The first-order chi connectivity index (χ1) is 31.3. The molecule has 7 N–H and O–H groups in total. The third kappa shape index (κ3) is 9.15. The summed E-state index contributed by atoms with van der Waals surface area (Å²) in [5.74, 6) is -0.945. The summed E-state index contributed by atoms with van der Waals surface area (Å²) in [5, 5.41) is 13.6. The van der Waals surface area contributed by atoms with Gasteiger partial charge in [0.15, 0.2) is 5.89 Å². The van der Waals surface area contributed by atoms with Gasteiger partial charge in [0.1, 0.15) is 33.8 Å². The third-order valence-electron chi connectivity index (χ3n) is 11.4. The molecule has 0 unspecified atom stereocenters. The maximum absolute atomic E-state index is 13.8. The van der Waals surface area contributed by atoms with E-state index in [4.69, 9.17) is 40.1 Å². The lowest BCUT2D eigenvalue weighted by Crippen LogP contribution is -2.69. The summed E-state index contributed by atoms with van der Waals surface area (Å²) >= 11 is 0. The van der Waals surface area contributed by atoms with E-state index in [9.17, 15) is 19.2 Å². The van der Waals surface area contributed by atoms with Gasteiger partial charge in [0.05, 0.1) is 42.7 Å². The predicted octanol–water partition coefficient (Wildman–Crippen LogP) is 3.18. The van der Waals surface area contributed by atoms with Gasteiger partial charge in [-0.15, -0.1) is 0 Å². The Morgan fingerprint density at radius 2 is 1.51 bits per heavy atom. The van der Waals surface area contributed by atoms with Gasteiger partial charge in [0, 0.05) is 70.4 Å². The number of benzene rings is 2. The summed E-state index contributed by atoms with van der Waals surface area (Å²) in [6.45, 7) is 13.2. The van der Waals surface area contributed by atoms with Gasteiger partial charge in [-0.3, -0.25) is 39.4 Å². The number of hydrogen-bond acceptors (Lipinski definition) is 14. The zero-order chi connectivity index (χ0) is 46.0. The normalized spacial score (nSPS) is 14.9. The van der Waals surface area contributed by atoms with Crippen LogP contribution < -0.4 is 36.9 Å². The maximum Gasteiger partial charge on any atom is 0.295 e. The Hall–Kier alpha value is -7.10. The number of aromatic nitrogens is 7. The zero-order valence-corrected chi connectivity index (χ0v) is 37.0. The van der Waals surface area contributed by atoms with Crippen LogP contribution in [0.2, 0.25) is 0 Å². The molecular weight excluding hydrogens is 839 g/mol. The number of imidazole rings is 2. The Morgan fingerprint density at radius 1 is 0.877 bits per heavy atom. The molecule has 1 spiro atoms. The number of oxazole rings is 1. The van der Waals surface area contributed by atoms with Crippen LogP contribution in [0.5, 0.6) is 11.5 Å². The minimum atomic E-state index is -0.671. The third-order valence-corrected chi connectivity index (χ3v) is 11.4. The topological polar surface area (TPSA) is 267 Å². The fraction of sp³-hybridized carbons (Fsp3) is 0.409. The molecule has 21 heteroatoms. The fourth-order valence-corrected chi connectivity index (χ4v) is 8.40. The number of morpholine rings is 1. The Kier molecular flexibility index (Phi) is 12.7. The minimum absolute atomic E-state index is 0.0581. The van der Waals surface area contributed by atoms with E-state index in [1.807, 2.05) is 26.0 Å². The average Bonchev–Trinajstić information content (AvgIpc) is 4.05. The lowest BCUT2D eigenvalue weighted by Gasteiger charge is -2.51. The van der Waals surface area contributed by atoms with Gasteiger partial charge in [0.2, 0.25) is 29.5 Å². The van der Waals surface area contributed by atoms with Crippen LogP contribution in [0.25, 0.3) is 22.1 Å². The summed E-state index contributed by atoms with van der Waals surface area (Å²) in [6, 6.07) is 7.88. The van der Waals surface area contributed by atoms with Crippen LogP contribution in [0, 0.1) is 13.8 Å². The summed E-state index contributed by atoms with van der Waals surface area (Å²) in [7, 11) is 1.46. The quantitative estimate of drug-likeness (QED) is 0.0613. The number of carbonyl (C=O) groups excluding carboxylic acids is 4. The molecule has 0 saturated carbocycles. The SMILES string of the molecule is CCc1nc(C)oc1C(=O)Nc1nc2cc(C(N)=O)cc(OCCCN3CC4(CNCCO4)C3)c2n1C/C=C/Cn1c(NC(=O)c2cc(C)nn2CC)nc2cc(C(N)=O)cc(OC)c21. The van der Waals surface area contributed by atoms with Crippen molar-refractivity contribution >= 4 is 57.6 Å². The van der Waals surface area contributed by atoms with E-state index in [1.54, 1.807) is 45.9 Å². The largest absolute Gasteiger partial charge is 0.494 e. The van der Waals surface area contributed by atoms with Crippen molar-refractivity contribution in [1.29, 1.82) is 0 Å². The highest BCUT2D eigenvalue weighted by Crippen LogP contribution is 2.34. The van der Waals surface area contributed by atoms with Gasteiger partial charge in [-0.1, -0.05) is 19.1 Å². The number of ether oxygens (including phenoxy) is 3. The number of fused-ring (bicyclic) bond motifs is 2. The molecule has 2 aliphatic heterocycles. The van der Waals surface area contributed by atoms with Crippen LogP contribution in [0.4, 0.5) is 11.9 Å². The Balaban J connectivity index is 1.12. The van der Waals surface area contributed by atoms with Gasteiger partial charge >= 0.3 is 0 Å². The first-order valence-corrected chi connectivity index (χ1v) is 21.5. The Morgan fingerprint density at radius 3 is 2.09 bits per heavy atom. The second kappa shape index (κ2) is 18.6. The second-order valence-electron chi connectivity index (χ2n) is 16.1. The molecule has 4 amide bonds. The summed E-state index contributed by atoms with van der Waals surface area (Å²) in [5.41, 5.74) is 14.9. The number of hydrogen-bond donors (Lipinski definition) is 5. The fourth-order valence-electron chi connectivity index (χ4n) is 8.40. The highest BCUT2D eigenvalue weighted by molar-refractivity contribution is 6.05. The number of anilines is 2. The molecule has 2 aliphatic rings. The van der Waals surface area contributed by atoms with Crippen molar-refractivity contribution in [2.45, 2.75) is 65.8 Å². The number of nitrogens with zero attached hydrogens (tertiary/aromatic N) is 8. The lowest BCUT2D eigenvalue weighted by molar-refractivity contribution is -0.156. The van der Waals surface area contributed by atoms with E-state index in [0.29, 0.717) is 89.1 Å². The summed E-state index contributed by atoms with van der Waals surface area (Å²) in [6.07, 6.45) is 4.84. The van der Waals surface area contributed by atoms with Crippen LogP contribution in [-0.2, 0) is 30.8 Å². The van der Waals surface area contributed by atoms with E-state index < -0.39 is 23.6 Å². The van der Waals surface area contributed by atoms with Crippen molar-refractivity contribution in [3.8, 4) is 11.5 Å². The molecule has 2 saturated heterocycles. The molecule has 6 aromatic rings. The Bertz CT molecular complexity index is 2820. The van der Waals surface area contributed by atoms with E-state index in [0.717, 1.165) is 32.7 Å². The highest BCUT2D eigenvalue weighted by atomic mass is 16.5. The number of aryl methyl sites for hydroxylation is 4. The molecule has 2 aromatic carbocycles. The number of allylic oxidation sites excluding steroid dienone is 2. The molecule has 2 fully saturated rings. The van der Waals surface area contributed by atoms with Crippen molar-refractivity contribution in [2.24, 2.45) is 11.5 Å². The van der Waals surface area contributed by atoms with Crippen LogP contribution in [0.15, 0.2) is 46.9 Å². The van der Waals surface area contributed by atoms with Gasteiger partial charge in [-0.25, -0.2) is 15.0 Å². The van der Waals surface area contributed by atoms with Gasteiger partial charge < -0.3 is 44.5 Å². The first kappa shape index (κ1) is 44.5. The first-order valence-electron chi connectivity index (χ1n) is 21.5. The predicted molar refractivity (Wildman–Crippen MR) is 239 cm³/mol. The van der Waals surface area contributed by atoms with Crippen LogP contribution in [-0.4, -0.2) is 121 Å². The second-order valence-corrected chi connectivity index (χ2v) is 16.1. The molecule has 4 aromatic heterocycles. The molecule has 21 nitrogen and oxygen atoms in total. The average molecular weight is 892 g/mol. The summed E-state index contributed by atoms with van der Waals surface area (Å²) in [4.78, 5) is 68.5. The van der Waals surface area contributed by atoms with Crippen molar-refractivity contribution in [2.75, 3.05) is 63.7 Å². The molecule has 0 radical (unpaired) electrons. The molecule has 0 atom stereocenters. The van der Waals surface area contributed by atoms with E-state index in [2.05, 4.69) is 30.9 Å². The highest BCUT2D eigenvalue weighted by Gasteiger charge is 2.44. The molecule has 65 heavy (non-hydrogen) atoms. The number of primary amides is 2. The number of methoxy groups -OCH3 is 1. The van der Waals surface area contributed by atoms with Crippen molar-refractivity contribution in [1.82, 2.24) is 44.1 Å². The van der Waals surface area contributed by atoms with Gasteiger partial charge in [-0.05, 0) is 57.0 Å². The van der Waals surface area contributed by atoms with E-state index in [1.165, 1.54) is 19.2 Å². The zero-order valence-electron chi connectivity index (χ0n) is 37.0. The molecule has 342 valence electrons. The van der Waals surface area contributed by atoms with Gasteiger partial charge in [-0.2, -0.15) is 5.10 Å². The number of carbonyl (C=O) groups is 4. The van der Waals surface area contributed by atoms with Crippen LogP contribution in [0.1, 0.15) is 79.3 Å². The molecule has 8 rings (SSSR count). The number of rotatable bonds is 18. The number of nitrogens with one attached hydrogen (secondary N) is 3. The Labute approximate surface area is 373 Å². The van der Waals surface area contributed by atoms with Crippen LogP contribution in [0.3, 0.4) is 0 Å². The minimum Gasteiger partial charge on any atom is -0.494 e. The summed E-state index contributed by atoms with van der Waals surface area (Å²) < 4.78 is 29.0. The van der Waals surface area contributed by atoms with Gasteiger partial charge in [0.25, 0.3) is 11.8 Å². The lowest BCUT2D eigenvalue weighted by atomic mass is 9.92. The molecule has 0 bridgehead atoms. The maximum atomic E-state index is 13.8. The molecule has 6 heterocycles. The van der Waals surface area contributed by atoms with Crippen molar-refractivity contribution in [3.05, 3.63) is 82.3 Å². The number of likely N-dealkylation sites (tertiary alicyclic amines) is 1.